The molecule has 0 aromatic heterocycles. The second-order valence-corrected chi connectivity index (χ2v) is 9.36. The molecule has 0 fully saturated rings. The first-order valence-electron chi connectivity index (χ1n) is 10.5. The van der Waals surface area contributed by atoms with Gasteiger partial charge in [0.15, 0.2) is 5.78 Å². The Morgan fingerprint density at radius 2 is 1.27 bits per heavy atom. The molecule has 1 atom stereocenters. The van der Waals surface area contributed by atoms with Crippen LogP contribution in [0.4, 0.5) is 0 Å². The van der Waals surface area contributed by atoms with Crippen molar-refractivity contribution >= 4 is 48.5 Å². The van der Waals surface area contributed by atoms with E-state index in [4.69, 9.17) is 28.1 Å². The van der Waals surface area contributed by atoms with Gasteiger partial charge in [0, 0.05) is 21.2 Å². The molecule has 0 heterocycles. The van der Waals surface area contributed by atoms with Crippen LogP contribution in [0.1, 0.15) is 21.5 Å². The minimum absolute atomic E-state index is 0. The zero-order valence-electron chi connectivity index (χ0n) is 19.6. The smallest absolute Gasteiger partial charge is 0.746 e. The van der Waals surface area contributed by atoms with Crippen molar-refractivity contribution in [3.05, 3.63) is 130 Å². The van der Waals surface area contributed by atoms with Crippen LogP contribution in [0.5, 0.6) is 11.5 Å². The van der Waals surface area contributed by atoms with E-state index in [1.165, 1.54) is 24.3 Å². The Morgan fingerprint density at radius 1 is 0.784 bits per heavy atom. The molecule has 0 spiro atoms. The van der Waals surface area contributed by atoms with Gasteiger partial charge in [-0.15, -0.1) is 0 Å². The summed E-state index contributed by atoms with van der Waals surface area (Å²) in [5, 5.41) is 10.7. The largest absolute Gasteiger partial charge is 1.00 e. The van der Waals surface area contributed by atoms with Gasteiger partial charge < -0.3 is 19.4 Å². The maximum Gasteiger partial charge on any atom is 1.00 e. The summed E-state index contributed by atoms with van der Waals surface area (Å²) in [6.45, 7) is 0. The third-order valence-corrected chi connectivity index (χ3v) is 5.62. The van der Waals surface area contributed by atoms with Crippen LogP contribution in [0, 0.1) is 0 Å². The van der Waals surface area contributed by atoms with Gasteiger partial charge in [0.2, 0.25) is 0 Å². The van der Waals surface area contributed by atoms with Crippen LogP contribution in [0.25, 0.3) is 11.6 Å². The molecule has 0 aliphatic carbocycles. The normalized spacial score (nSPS) is 12.3. The number of hydrogen-bond acceptors (Lipinski definition) is 5. The summed E-state index contributed by atoms with van der Waals surface area (Å²) in [5.74, 6) is 0.0804. The van der Waals surface area contributed by atoms with Crippen LogP contribution < -0.4 is 39.0 Å². The predicted molar refractivity (Wildman–Crippen MR) is 140 cm³/mol. The summed E-state index contributed by atoms with van der Waals surface area (Å²) in [4.78, 5) is 31.4. The molecule has 37 heavy (non-hydrogen) atoms. The number of ketones is 1. The number of hydrogen-bond donors (Lipinski definition) is 2. The summed E-state index contributed by atoms with van der Waals surface area (Å²) in [5.41, 5.74) is 2.65. The van der Waals surface area contributed by atoms with Gasteiger partial charge in [0.25, 0.3) is 0 Å². The number of para-hydroxylation sites is 1. The minimum Gasteiger partial charge on any atom is -0.746 e. The number of phosphoric ester groups is 1. The molecule has 4 aromatic rings. The number of carbonyl (C=O) groups is 1. The molecule has 1 unspecified atom stereocenters. The molecule has 0 radical (unpaired) electrons. The topological polar surface area (TPSA) is 107 Å². The van der Waals surface area contributed by atoms with Crippen molar-refractivity contribution in [2.45, 2.75) is 0 Å². The Balaban J connectivity index is 0.000000339. The third-order valence-electron chi connectivity index (χ3n) is 4.67. The number of carbonyl (C=O) groups excluding carboxylic acids is 1. The average molecular weight is 565 g/mol. The Labute approximate surface area is 246 Å². The number of benzene rings is 4. The molecular formula is C27H20Cl2NaO6P. The molecule has 6 nitrogen and oxygen atoms in total. The first-order valence-corrected chi connectivity index (χ1v) is 12.7. The Hall–Kier alpha value is -2.38. The number of phenolic OH excluding ortho intramolecular Hbond substituents is 1. The Kier molecular flexibility index (Phi) is 12.1. The van der Waals surface area contributed by atoms with E-state index in [9.17, 15) is 19.4 Å². The number of allylic oxidation sites excluding steroid dienone is 1. The second kappa shape index (κ2) is 14.5. The first-order chi connectivity index (χ1) is 17.1. The van der Waals surface area contributed by atoms with E-state index in [1.54, 1.807) is 54.6 Å². The quantitative estimate of drug-likeness (QED) is 0.122. The molecule has 0 saturated heterocycles. The van der Waals surface area contributed by atoms with Crippen LogP contribution in [0.3, 0.4) is 0 Å². The molecular weight excluding hydrogens is 545 g/mol. The fourth-order valence-electron chi connectivity index (χ4n) is 3.02. The van der Waals surface area contributed by atoms with Crippen LogP contribution in [0.2, 0.25) is 10.0 Å². The number of aromatic hydroxyl groups is 1. The van der Waals surface area contributed by atoms with E-state index in [0.29, 0.717) is 21.2 Å². The predicted octanol–water partition coefficient (Wildman–Crippen LogP) is 3.65. The van der Waals surface area contributed by atoms with E-state index in [1.807, 2.05) is 30.3 Å². The molecule has 4 rings (SSSR count). The van der Waals surface area contributed by atoms with Crippen molar-refractivity contribution in [2.24, 2.45) is 0 Å². The van der Waals surface area contributed by atoms with Crippen molar-refractivity contribution in [3.63, 3.8) is 0 Å². The third kappa shape index (κ3) is 10.5. The van der Waals surface area contributed by atoms with Crippen LogP contribution in [-0.2, 0) is 4.57 Å². The average Bonchev–Trinajstić information content (AvgIpc) is 2.84. The van der Waals surface area contributed by atoms with Gasteiger partial charge in [-0.1, -0.05) is 65.7 Å². The van der Waals surface area contributed by atoms with Crippen molar-refractivity contribution < 1.29 is 58.3 Å². The van der Waals surface area contributed by atoms with Gasteiger partial charge in [-0.3, -0.25) is 9.36 Å². The molecule has 4 aromatic carbocycles. The summed E-state index contributed by atoms with van der Waals surface area (Å²) in [7, 11) is -4.64. The van der Waals surface area contributed by atoms with E-state index < -0.39 is 7.82 Å². The number of phosphoric acid groups is 1. The van der Waals surface area contributed by atoms with Crippen LogP contribution >= 0.6 is 31.0 Å². The van der Waals surface area contributed by atoms with Gasteiger partial charge in [-0.25, -0.2) is 0 Å². The fraction of sp³-hybridized carbons (Fsp3) is 0. The van der Waals surface area contributed by atoms with Gasteiger partial charge >= 0.3 is 37.4 Å². The zero-order valence-corrected chi connectivity index (χ0v) is 24.0. The Morgan fingerprint density at radius 3 is 1.78 bits per heavy atom. The molecule has 2 N–H and O–H groups in total. The summed E-state index contributed by atoms with van der Waals surface area (Å²) in [6, 6.07) is 28.3. The second-order valence-electron chi connectivity index (χ2n) is 7.37. The zero-order chi connectivity index (χ0) is 26.1. The molecule has 0 bridgehead atoms. The van der Waals surface area contributed by atoms with Gasteiger partial charge in [-0.2, -0.15) is 0 Å². The van der Waals surface area contributed by atoms with E-state index in [-0.39, 0.29) is 46.8 Å². The summed E-state index contributed by atoms with van der Waals surface area (Å²) >= 11 is 11.9. The SMILES string of the molecule is O=C(C(=Cc1ccc(Cl)cc1)c1ccc(Cl)cc1)c1ccc(O)cc1.O=P([O-])(O)Oc1ccccc1.[Na+]. The Bertz CT molecular complexity index is 1370. The van der Waals surface area contributed by atoms with E-state index in [0.717, 1.165) is 11.1 Å². The maximum atomic E-state index is 13.0. The monoisotopic (exact) mass is 564 g/mol. The molecule has 0 amide bonds. The number of rotatable bonds is 6. The first kappa shape index (κ1) is 30.8. The summed E-state index contributed by atoms with van der Waals surface area (Å²) in [6.07, 6.45) is 1.81. The van der Waals surface area contributed by atoms with Gasteiger partial charge in [0.05, 0.1) is 0 Å². The van der Waals surface area contributed by atoms with Crippen molar-refractivity contribution in [2.75, 3.05) is 0 Å². The fourth-order valence-corrected chi connectivity index (χ4v) is 3.66. The number of phenols is 1. The number of halogens is 2. The minimum atomic E-state index is -4.64. The van der Waals surface area contributed by atoms with Crippen LogP contribution in [-0.4, -0.2) is 15.8 Å². The van der Waals surface area contributed by atoms with Crippen molar-refractivity contribution in [1.29, 1.82) is 0 Å². The molecule has 0 aliphatic rings. The van der Waals surface area contributed by atoms with Crippen LogP contribution in [0.15, 0.2) is 103 Å². The molecule has 184 valence electrons. The van der Waals surface area contributed by atoms with E-state index in [2.05, 4.69) is 4.52 Å². The van der Waals surface area contributed by atoms with Gasteiger partial charge in [0.1, 0.15) is 11.5 Å². The number of Topliss-reactive ketones (excluding diaryl/α,β-unsaturated/α-hetero) is 1. The molecule has 0 aliphatic heterocycles. The van der Waals surface area contributed by atoms with E-state index >= 15 is 0 Å². The van der Waals surface area contributed by atoms with Crippen molar-refractivity contribution in [1.82, 2.24) is 0 Å². The van der Waals surface area contributed by atoms with Crippen molar-refractivity contribution in [3.8, 4) is 11.5 Å². The summed E-state index contributed by atoms with van der Waals surface area (Å²) < 4.78 is 14.3. The molecule has 0 saturated carbocycles. The van der Waals surface area contributed by atoms with Gasteiger partial charge in [-0.05, 0) is 77.9 Å². The standard InChI is InChI=1S/C21H14Cl2O2.C6H7O4P.Na/c22-17-7-1-14(2-8-17)13-20(15-3-9-18(23)10-4-15)21(25)16-5-11-19(24)12-6-16;7-11(8,9)10-6-4-2-1-3-5-6;/h1-13,24H;1-5H,(H2,7,8,9);/q;;+1/p-1. The molecule has 10 heteroatoms. The maximum absolute atomic E-state index is 13.0.